The van der Waals surface area contributed by atoms with Crippen LogP contribution in [0.25, 0.3) is 16.6 Å². The van der Waals surface area contributed by atoms with Gasteiger partial charge in [-0.25, -0.2) is 4.68 Å². The summed E-state index contributed by atoms with van der Waals surface area (Å²) in [6.07, 6.45) is 3.61. The van der Waals surface area contributed by atoms with Crippen LogP contribution in [0.3, 0.4) is 0 Å². The lowest BCUT2D eigenvalue weighted by molar-refractivity contribution is 0.757. The van der Waals surface area contributed by atoms with Crippen molar-refractivity contribution in [3.8, 4) is 5.69 Å². The Balaban J connectivity index is 2.18. The Kier molecular flexibility index (Phi) is 3.04. The summed E-state index contributed by atoms with van der Waals surface area (Å²) in [5.74, 6) is 0. The third-order valence-electron chi connectivity index (χ3n) is 2.88. The average Bonchev–Trinajstić information content (AvgIpc) is 2.87. The molecule has 96 valence electrons. The zero-order valence-electron chi connectivity index (χ0n) is 10.3. The van der Waals surface area contributed by atoms with Gasteiger partial charge in [0.1, 0.15) is 0 Å². The van der Waals surface area contributed by atoms with Crippen molar-refractivity contribution in [2.24, 2.45) is 5.73 Å². The van der Waals surface area contributed by atoms with Gasteiger partial charge in [0.2, 0.25) is 0 Å². The summed E-state index contributed by atoms with van der Waals surface area (Å²) in [4.78, 5) is 4.44. The van der Waals surface area contributed by atoms with Crippen LogP contribution in [0.4, 0.5) is 0 Å². The van der Waals surface area contributed by atoms with Crippen molar-refractivity contribution in [3.63, 3.8) is 0 Å². The van der Waals surface area contributed by atoms with Crippen LogP contribution in [0.5, 0.6) is 0 Å². The molecule has 0 aliphatic rings. The van der Waals surface area contributed by atoms with Crippen LogP contribution >= 0.6 is 15.9 Å². The van der Waals surface area contributed by atoms with Gasteiger partial charge in [-0.1, -0.05) is 17.3 Å². The molecule has 19 heavy (non-hydrogen) atoms. The molecular weight excluding hydrogens is 306 g/mol. The third-order valence-corrected chi connectivity index (χ3v) is 3.31. The predicted molar refractivity (Wildman–Crippen MR) is 77.0 cm³/mol. The molecule has 0 saturated heterocycles. The average molecular weight is 318 g/mol. The number of halogens is 1. The molecule has 0 fully saturated rings. The topological polar surface area (TPSA) is 69.6 Å². The van der Waals surface area contributed by atoms with E-state index in [9.17, 15) is 0 Å². The number of benzene rings is 1. The molecule has 2 N–H and O–H groups in total. The summed E-state index contributed by atoms with van der Waals surface area (Å²) in [6, 6.07) is 7.84. The van der Waals surface area contributed by atoms with E-state index >= 15 is 0 Å². The van der Waals surface area contributed by atoms with Crippen LogP contribution < -0.4 is 5.73 Å². The molecule has 1 unspecified atom stereocenters. The van der Waals surface area contributed by atoms with Crippen LogP contribution in [0.15, 0.2) is 41.1 Å². The Morgan fingerprint density at radius 2 is 2.21 bits per heavy atom. The van der Waals surface area contributed by atoms with Crippen LogP contribution in [0.1, 0.15) is 18.7 Å². The van der Waals surface area contributed by atoms with Crippen molar-refractivity contribution in [3.05, 3.63) is 46.8 Å². The molecule has 0 radical (unpaired) electrons. The standard InChI is InChI=1S/C13H12BrN5/c1-8(15)11-7-19(18-17-11)12-4-2-3-9-5-10(14)6-16-13(9)12/h2-8H,15H2,1H3. The number of hydrogen-bond donors (Lipinski definition) is 1. The molecule has 2 heterocycles. The van der Waals surface area contributed by atoms with Crippen molar-refractivity contribution in [2.75, 3.05) is 0 Å². The zero-order chi connectivity index (χ0) is 13.4. The number of rotatable bonds is 2. The summed E-state index contributed by atoms with van der Waals surface area (Å²) in [5, 5.41) is 9.23. The molecule has 3 aromatic rings. The fraction of sp³-hybridized carbons (Fsp3) is 0.154. The van der Waals surface area contributed by atoms with E-state index in [1.54, 1.807) is 10.9 Å². The number of fused-ring (bicyclic) bond motifs is 1. The van der Waals surface area contributed by atoms with E-state index in [0.717, 1.165) is 26.8 Å². The highest BCUT2D eigenvalue weighted by molar-refractivity contribution is 9.10. The van der Waals surface area contributed by atoms with E-state index in [4.69, 9.17) is 5.73 Å². The molecule has 5 nitrogen and oxygen atoms in total. The second kappa shape index (κ2) is 4.71. The fourth-order valence-electron chi connectivity index (χ4n) is 1.91. The largest absolute Gasteiger partial charge is 0.323 e. The zero-order valence-corrected chi connectivity index (χ0v) is 11.9. The molecule has 0 aliphatic carbocycles. The van der Waals surface area contributed by atoms with Gasteiger partial charge in [0.05, 0.1) is 23.1 Å². The van der Waals surface area contributed by atoms with Crippen LogP contribution in [0, 0.1) is 0 Å². The Labute approximate surface area is 118 Å². The van der Waals surface area contributed by atoms with E-state index in [2.05, 4.69) is 31.2 Å². The number of nitrogens with zero attached hydrogens (tertiary/aromatic N) is 4. The van der Waals surface area contributed by atoms with E-state index in [0.29, 0.717) is 0 Å². The summed E-state index contributed by atoms with van der Waals surface area (Å²) >= 11 is 3.42. The highest BCUT2D eigenvalue weighted by atomic mass is 79.9. The first-order chi connectivity index (χ1) is 9.15. The minimum atomic E-state index is -0.133. The number of hydrogen-bond acceptors (Lipinski definition) is 4. The summed E-state index contributed by atoms with van der Waals surface area (Å²) in [5.41, 5.74) is 8.33. The maximum Gasteiger partial charge on any atom is 0.0995 e. The lowest BCUT2D eigenvalue weighted by atomic mass is 10.2. The molecule has 1 aromatic carbocycles. The highest BCUT2D eigenvalue weighted by Crippen LogP contribution is 2.23. The van der Waals surface area contributed by atoms with Crippen molar-refractivity contribution in [1.82, 2.24) is 20.0 Å². The second-order valence-electron chi connectivity index (χ2n) is 4.38. The summed E-state index contributed by atoms with van der Waals surface area (Å²) in [7, 11) is 0. The van der Waals surface area contributed by atoms with E-state index in [-0.39, 0.29) is 6.04 Å². The lowest BCUT2D eigenvalue weighted by Gasteiger charge is -2.05. The number of aromatic nitrogens is 4. The summed E-state index contributed by atoms with van der Waals surface area (Å²) < 4.78 is 2.66. The van der Waals surface area contributed by atoms with Crippen LogP contribution in [-0.4, -0.2) is 20.0 Å². The number of nitrogens with two attached hydrogens (primary N) is 1. The normalized spacial score (nSPS) is 12.8. The van der Waals surface area contributed by atoms with Crippen LogP contribution in [0.2, 0.25) is 0 Å². The number of pyridine rings is 1. The molecular formula is C13H12BrN5. The van der Waals surface area contributed by atoms with Crippen LogP contribution in [-0.2, 0) is 0 Å². The second-order valence-corrected chi connectivity index (χ2v) is 5.29. The third kappa shape index (κ3) is 2.24. The Hall–Kier alpha value is -1.79. The fourth-order valence-corrected chi connectivity index (χ4v) is 2.25. The maximum atomic E-state index is 5.80. The smallest absolute Gasteiger partial charge is 0.0995 e. The highest BCUT2D eigenvalue weighted by Gasteiger charge is 2.09. The van der Waals surface area contributed by atoms with Gasteiger partial charge in [0.15, 0.2) is 0 Å². The van der Waals surface area contributed by atoms with E-state index in [1.165, 1.54) is 0 Å². The summed E-state index contributed by atoms with van der Waals surface area (Å²) in [6.45, 7) is 1.88. The van der Waals surface area contributed by atoms with Gasteiger partial charge >= 0.3 is 0 Å². The molecule has 0 aliphatic heterocycles. The Bertz CT molecular complexity index is 735. The molecule has 2 aromatic heterocycles. The first kappa shape index (κ1) is 12.3. The SMILES string of the molecule is CC(N)c1cn(-c2cccc3cc(Br)cnc23)nn1. The quantitative estimate of drug-likeness (QED) is 0.788. The van der Waals surface area contributed by atoms with Gasteiger partial charge in [-0.05, 0) is 35.0 Å². The van der Waals surface area contributed by atoms with Gasteiger partial charge in [-0.3, -0.25) is 4.98 Å². The molecule has 6 heteroatoms. The van der Waals surface area contributed by atoms with Gasteiger partial charge < -0.3 is 5.73 Å². The first-order valence-corrected chi connectivity index (χ1v) is 6.67. The van der Waals surface area contributed by atoms with Gasteiger partial charge in [0, 0.05) is 22.1 Å². The monoisotopic (exact) mass is 317 g/mol. The van der Waals surface area contributed by atoms with Crippen molar-refractivity contribution >= 4 is 26.8 Å². The van der Waals surface area contributed by atoms with Crippen molar-refractivity contribution < 1.29 is 0 Å². The molecule has 3 rings (SSSR count). The lowest BCUT2D eigenvalue weighted by Crippen LogP contribution is -2.04. The first-order valence-electron chi connectivity index (χ1n) is 5.87. The number of para-hydroxylation sites is 1. The minimum Gasteiger partial charge on any atom is -0.323 e. The van der Waals surface area contributed by atoms with E-state index < -0.39 is 0 Å². The van der Waals surface area contributed by atoms with Crippen molar-refractivity contribution in [2.45, 2.75) is 13.0 Å². The van der Waals surface area contributed by atoms with Gasteiger partial charge in [-0.2, -0.15) is 0 Å². The molecule has 0 spiro atoms. The Morgan fingerprint density at radius 1 is 1.37 bits per heavy atom. The molecule has 0 saturated carbocycles. The predicted octanol–water partition coefficient (Wildman–Crippen LogP) is 2.60. The van der Waals surface area contributed by atoms with Gasteiger partial charge in [0.25, 0.3) is 0 Å². The van der Waals surface area contributed by atoms with Crippen molar-refractivity contribution in [1.29, 1.82) is 0 Å². The minimum absolute atomic E-state index is 0.133. The molecule has 1 atom stereocenters. The molecule has 0 bridgehead atoms. The molecule has 0 amide bonds. The van der Waals surface area contributed by atoms with Gasteiger partial charge in [-0.15, -0.1) is 5.10 Å². The van der Waals surface area contributed by atoms with E-state index in [1.807, 2.05) is 37.4 Å². The Morgan fingerprint density at radius 3 is 2.95 bits per heavy atom. The maximum absolute atomic E-state index is 5.80.